The van der Waals surface area contributed by atoms with Crippen molar-refractivity contribution in [3.63, 3.8) is 0 Å². The number of nitrogens with zero attached hydrogens (tertiary/aromatic N) is 1. The number of hydrogen-bond acceptors (Lipinski definition) is 2. The lowest BCUT2D eigenvalue weighted by atomic mass is 9.82. The topological polar surface area (TPSA) is 49.4 Å². The van der Waals surface area contributed by atoms with Crippen LogP contribution in [0.25, 0.3) is 0 Å². The fourth-order valence-corrected chi connectivity index (χ4v) is 2.80. The molecule has 2 amide bonds. The van der Waals surface area contributed by atoms with Gasteiger partial charge in [-0.15, -0.1) is 0 Å². The van der Waals surface area contributed by atoms with Crippen molar-refractivity contribution in [1.29, 1.82) is 0 Å². The normalized spacial score (nSPS) is 27.2. The molecule has 0 aliphatic carbocycles. The summed E-state index contributed by atoms with van der Waals surface area (Å²) in [4.78, 5) is 27.0. The summed E-state index contributed by atoms with van der Waals surface area (Å²) >= 11 is 0. The van der Waals surface area contributed by atoms with Gasteiger partial charge >= 0.3 is 0 Å². The quantitative estimate of drug-likeness (QED) is 0.861. The molecule has 20 heavy (non-hydrogen) atoms. The molecular formula is C16H30N2O2. The molecule has 1 N–H and O–H groups in total. The van der Waals surface area contributed by atoms with Gasteiger partial charge in [0.15, 0.2) is 0 Å². The van der Waals surface area contributed by atoms with E-state index in [1.807, 2.05) is 32.6 Å². The maximum atomic E-state index is 12.9. The van der Waals surface area contributed by atoms with Crippen molar-refractivity contribution >= 4 is 11.8 Å². The molecule has 1 aliphatic heterocycles. The van der Waals surface area contributed by atoms with Gasteiger partial charge in [-0.2, -0.15) is 0 Å². The third kappa shape index (κ3) is 3.15. The van der Waals surface area contributed by atoms with Crippen LogP contribution in [-0.2, 0) is 9.59 Å². The molecule has 1 saturated heterocycles. The molecule has 1 heterocycles. The van der Waals surface area contributed by atoms with Gasteiger partial charge in [-0.3, -0.25) is 9.59 Å². The largest absolute Gasteiger partial charge is 0.342 e. The molecular weight excluding hydrogens is 252 g/mol. The van der Waals surface area contributed by atoms with Gasteiger partial charge in [0, 0.05) is 6.04 Å². The van der Waals surface area contributed by atoms with E-state index in [1.165, 1.54) is 0 Å². The first-order chi connectivity index (χ1) is 9.15. The minimum absolute atomic E-state index is 0.0119. The molecule has 4 unspecified atom stereocenters. The lowest BCUT2D eigenvalue weighted by Gasteiger charge is -2.47. The van der Waals surface area contributed by atoms with Crippen LogP contribution < -0.4 is 5.32 Å². The summed E-state index contributed by atoms with van der Waals surface area (Å²) in [6.07, 6.45) is 1.67. The van der Waals surface area contributed by atoms with Crippen molar-refractivity contribution in [3.8, 4) is 0 Å². The molecule has 1 rings (SSSR count). The van der Waals surface area contributed by atoms with Crippen molar-refractivity contribution in [2.75, 3.05) is 0 Å². The second-order valence-electron chi connectivity index (χ2n) is 7.10. The SMILES string of the molecule is CCC(C)C(C)N1C(=O)C(C(C)(C)C)NC(=O)C1CC. The Kier molecular flexibility index (Phi) is 5.22. The first-order valence-electron chi connectivity index (χ1n) is 7.77. The molecule has 0 spiro atoms. The number of hydrogen-bond donors (Lipinski definition) is 1. The zero-order valence-electron chi connectivity index (χ0n) is 14.0. The van der Waals surface area contributed by atoms with Crippen molar-refractivity contribution < 1.29 is 9.59 Å². The van der Waals surface area contributed by atoms with E-state index in [2.05, 4.69) is 26.1 Å². The van der Waals surface area contributed by atoms with Crippen molar-refractivity contribution in [2.24, 2.45) is 11.3 Å². The van der Waals surface area contributed by atoms with E-state index in [0.29, 0.717) is 12.3 Å². The van der Waals surface area contributed by atoms with Crippen LogP contribution in [0.3, 0.4) is 0 Å². The number of carbonyl (C=O) groups is 2. The smallest absolute Gasteiger partial charge is 0.246 e. The number of piperazine rings is 1. The predicted molar refractivity (Wildman–Crippen MR) is 81.2 cm³/mol. The maximum absolute atomic E-state index is 12.9. The highest BCUT2D eigenvalue weighted by Gasteiger charge is 2.46. The van der Waals surface area contributed by atoms with Crippen molar-refractivity contribution in [3.05, 3.63) is 0 Å². The van der Waals surface area contributed by atoms with Gasteiger partial charge in [0.2, 0.25) is 11.8 Å². The zero-order valence-corrected chi connectivity index (χ0v) is 14.0. The van der Waals surface area contributed by atoms with E-state index >= 15 is 0 Å². The molecule has 4 heteroatoms. The van der Waals surface area contributed by atoms with Crippen LogP contribution in [0.5, 0.6) is 0 Å². The van der Waals surface area contributed by atoms with E-state index in [0.717, 1.165) is 6.42 Å². The van der Waals surface area contributed by atoms with Crippen LogP contribution in [0, 0.1) is 11.3 Å². The van der Waals surface area contributed by atoms with Crippen molar-refractivity contribution in [2.45, 2.75) is 79.4 Å². The van der Waals surface area contributed by atoms with Gasteiger partial charge in [-0.1, -0.05) is 48.0 Å². The maximum Gasteiger partial charge on any atom is 0.246 e. The van der Waals surface area contributed by atoms with Crippen LogP contribution in [0.2, 0.25) is 0 Å². The van der Waals surface area contributed by atoms with Crippen LogP contribution in [0.4, 0.5) is 0 Å². The Labute approximate surface area is 123 Å². The molecule has 0 aromatic heterocycles. The highest BCUT2D eigenvalue weighted by Crippen LogP contribution is 2.29. The summed E-state index contributed by atoms with van der Waals surface area (Å²) in [5.74, 6) is 0.443. The van der Waals surface area contributed by atoms with E-state index in [4.69, 9.17) is 0 Å². The van der Waals surface area contributed by atoms with Gasteiger partial charge in [-0.25, -0.2) is 0 Å². The molecule has 116 valence electrons. The average Bonchev–Trinajstić information content (AvgIpc) is 2.37. The van der Waals surface area contributed by atoms with Crippen LogP contribution in [0.15, 0.2) is 0 Å². The van der Waals surface area contributed by atoms with Gasteiger partial charge in [0.25, 0.3) is 0 Å². The number of nitrogens with one attached hydrogen (secondary N) is 1. The second kappa shape index (κ2) is 6.15. The highest BCUT2D eigenvalue weighted by molar-refractivity contribution is 5.97. The summed E-state index contributed by atoms with van der Waals surface area (Å²) in [5, 5.41) is 2.92. The summed E-state index contributed by atoms with van der Waals surface area (Å²) in [6.45, 7) is 14.3. The van der Waals surface area contributed by atoms with E-state index in [-0.39, 0.29) is 29.3 Å². The second-order valence-corrected chi connectivity index (χ2v) is 7.10. The monoisotopic (exact) mass is 282 g/mol. The van der Waals surface area contributed by atoms with E-state index < -0.39 is 6.04 Å². The summed E-state index contributed by atoms with van der Waals surface area (Å²) in [7, 11) is 0. The molecule has 4 atom stereocenters. The van der Waals surface area contributed by atoms with Gasteiger partial charge < -0.3 is 10.2 Å². The van der Waals surface area contributed by atoms with Crippen LogP contribution >= 0.6 is 0 Å². The lowest BCUT2D eigenvalue weighted by molar-refractivity contribution is -0.156. The van der Waals surface area contributed by atoms with Gasteiger partial charge in [-0.05, 0) is 24.7 Å². The molecule has 1 aliphatic rings. The molecule has 4 nitrogen and oxygen atoms in total. The molecule has 1 fully saturated rings. The fraction of sp³-hybridized carbons (Fsp3) is 0.875. The number of rotatable bonds is 4. The Morgan fingerprint density at radius 1 is 1.20 bits per heavy atom. The van der Waals surface area contributed by atoms with Crippen molar-refractivity contribution in [1.82, 2.24) is 10.2 Å². The Bertz CT molecular complexity index is 373. The molecule has 0 bridgehead atoms. The molecule has 0 aromatic carbocycles. The Morgan fingerprint density at radius 2 is 1.75 bits per heavy atom. The van der Waals surface area contributed by atoms with E-state index in [1.54, 1.807) is 0 Å². The summed E-state index contributed by atoms with van der Waals surface area (Å²) in [5.41, 5.74) is -0.265. The molecule has 0 radical (unpaired) electrons. The average molecular weight is 282 g/mol. The first kappa shape index (κ1) is 17.0. The first-order valence-corrected chi connectivity index (χ1v) is 7.77. The molecule has 0 aromatic rings. The van der Waals surface area contributed by atoms with Gasteiger partial charge in [0.05, 0.1) is 0 Å². The lowest BCUT2D eigenvalue weighted by Crippen LogP contribution is -2.68. The summed E-state index contributed by atoms with van der Waals surface area (Å²) in [6, 6.07) is -0.664. The van der Waals surface area contributed by atoms with Crippen LogP contribution in [0.1, 0.15) is 61.3 Å². The highest BCUT2D eigenvalue weighted by atomic mass is 16.2. The Morgan fingerprint density at radius 3 is 2.15 bits per heavy atom. The third-order valence-electron chi connectivity index (χ3n) is 4.59. The minimum Gasteiger partial charge on any atom is -0.342 e. The molecule has 0 saturated carbocycles. The summed E-state index contributed by atoms with van der Waals surface area (Å²) < 4.78 is 0. The standard InChI is InChI=1S/C16H30N2O2/c1-8-10(3)11(4)18-12(9-2)14(19)17-13(15(18)20)16(5,6)7/h10-13H,8-9H2,1-7H3,(H,17,19). The zero-order chi connectivity index (χ0) is 15.7. The minimum atomic E-state index is -0.427. The number of carbonyl (C=O) groups excluding carboxylic acids is 2. The Balaban J connectivity index is 3.13. The van der Waals surface area contributed by atoms with Gasteiger partial charge in [0.1, 0.15) is 12.1 Å². The van der Waals surface area contributed by atoms with Crippen LogP contribution in [-0.4, -0.2) is 34.8 Å². The van der Waals surface area contributed by atoms with E-state index in [9.17, 15) is 9.59 Å². The number of amides is 2. The fourth-order valence-electron chi connectivity index (χ4n) is 2.80. The Hall–Kier alpha value is -1.06. The predicted octanol–water partition coefficient (Wildman–Crippen LogP) is 2.57. The third-order valence-corrected chi connectivity index (χ3v) is 4.59.